The first-order valence-corrected chi connectivity index (χ1v) is 37.9. The molecule has 87 heavy (non-hydrogen) atoms. The fourth-order valence-electron chi connectivity index (χ4n) is 11.6. The summed E-state index contributed by atoms with van der Waals surface area (Å²) in [6, 6.07) is -1.25. The van der Waals surface area contributed by atoms with Gasteiger partial charge in [-0.25, -0.2) is 9.13 Å². The van der Waals surface area contributed by atoms with E-state index in [1.54, 1.807) is 7.11 Å². The number of ether oxygens (including phenoxy) is 8. The highest BCUT2D eigenvalue weighted by Crippen LogP contribution is 2.44. The Morgan fingerprint density at radius 2 is 0.885 bits per heavy atom. The Hall–Kier alpha value is -1.11. The first-order chi connectivity index (χ1) is 42.1. The maximum atomic E-state index is 14.1. The third-order valence-corrected chi connectivity index (χ3v) is 17.7. The Balaban J connectivity index is 2.41. The van der Waals surface area contributed by atoms with Gasteiger partial charge in [-0.1, -0.05) is 227 Å². The second-order valence-corrected chi connectivity index (χ2v) is 26.9. The first kappa shape index (κ1) is 82.0. The highest BCUT2D eigenvalue weighted by atomic mass is 31.2. The number of phosphoric acid groups is 2. The molecule has 0 spiro atoms. The summed E-state index contributed by atoms with van der Waals surface area (Å²) in [6.45, 7) is 8.56. The van der Waals surface area contributed by atoms with Crippen LogP contribution in [0.15, 0.2) is 0 Å². The molecule has 0 bridgehead atoms. The molecule has 0 radical (unpaired) electrons. The molecule has 0 saturated carbocycles. The van der Waals surface area contributed by atoms with Gasteiger partial charge in [0.15, 0.2) is 12.6 Å². The van der Waals surface area contributed by atoms with Gasteiger partial charge in [0.05, 0.1) is 19.3 Å². The number of aliphatic hydroxyl groups excluding tert-OH is 1. The Morgan fingerprint density at radius 3 is 1.36 bits per heavy atom. The van der Waals surface area contributed by atoms with Crippen LogP contribution in [0.1, 0.15) is 291 Å². The maximum Gasteiger partial charge on any atom is 0.472 e. The van der Waals surface area contributed by atoms with Gasteiger partial charge in [-0.15, -0.1) is 11.8 Å². The molecule has 2 heterocycles. The highest BCUT2D eigenvalue weighted by molar-refractivity contribution is 7.46. The van der Waals surface area contributed by atoms with Gasteiger partial charge in [-0.3, -0.25) is 13.8 Å². The molecule has 19 nitrogen and oxygen atoms in total. The first-order valence-electron chi connectivity index (χ1n) is 34.8. The predicted molar refractivity (Wildman–Crippen MR) is 343 cm³/mol. The van der Waals surface area contributed by atoms with Crippen LogP contribution >= 0.6 is 15.6 Å². The minimum absolute atomic E-state index is 0.0474. The second-order valence-electron chi connectivity index (χ2n) is 24.5. The van der Waals surface area contributed by atoms with E-state index in [-0.39, 0.29) is 44.9 Å². The van der Waals surface area contributed by atoms with E-state index >= 15 is 0 Å². The minimum atomic E-state index is -5.23. The van der Waals surface area contributed by atoms with E-state index < -0.39 is 83.6 Å². The van der Waals surface area contributed by atoms with Crippen LogP contribution in [-0.4, -0.2) is 145 Å². The molecule has 2 fully saturated rings. The zero-order chi connectivity index (χ0) is 63.6. The van der Waals surface area contributed by atoms with Gasteiger partial charge in [-0.05, 0) is 44.9 Å². The summed E-state index contributed by atoms with van der Waals surface area (Å²) in [5.74, 6) is 6.24. The topological polar surface area (TPSA) is 257 Å². The van der Waals surface area contributed by atoms with Gasteiger partial charge in [0.2, 0.25) is 5.91 Å². The van der Waals surface area contributed by atoms with Crippen molar-refractivity contribution in [2.75, 3.05) is 47.3 Å². The van der Waals surface area contributed by atoms with Crippen LogP contribution in [0.5, 0.6) is 0 Å². The van der Waals surface area contributed by atoms with Crippen LogP contribution in [-0.2, 0) is 60.9 Å². The molecule has 0 aromatic rings. The number of aliphatic hydroxyl groups is 1. The molecule has 0 aromatic carbocycles. The number of hydrogen-bond acceptors (Lipinski definition) is 14. The van der Waals surface area contributed by atoms with E-state index in [1.807, 2.05) is 0 Å². The van der Waals surface area contributed by atoms with Crippen molar-refractivity contribution in [2.24, 2.45) is 0 Å². The van der Waals surface area contributed by atoms with E-state index in [1.165, 1.54) is 103 Å². The molecule has 0 aliphatic carbocycles. The van der Waals surface area contributed by atoms with Crippen molar-refractivity contribution >= 4 is 21.6 Å². The van der Waals surface area contributed by atoms with Crippen LogP contribution in [0.2, 0.25) is 0 Å². The zero-order valence-electron chi connectivity index (χ0n) is 55.3. The Labute approximate surface area is 527 Å². The number of carbonyl (C=O) groups is 1. The van der Waals surface area contributed by atoms with Crippen molar-refractivity contribution in [3.63, 3.8) is 0 Å². The minimum Gasteiger partial charge on any atom is -0.387 e. The molecule has 1 amide bonds. The van der Waals surface area contributed by atoms with Gasteiger partial charge >= 0.3 is 15.6 Å². The second kappa shape index (κ2) is 53.3. The molecule has 11 atom stereocenters. The van der Waals surface area contributed by atoms with Gasteiger partial charge in [0.1, 0.15) is 48.8 Å². The van der Waals surface area contributed by atoms with Crippen molar-refractivity contribution in [1.82, 2.24) is 5.32 Å². The molecule has 2 saturated heterocycles. The van der Waals surface area contributed by atoms with Crippen molar-refractivity contribution in [1.29, 1.82) is 0 Å². The fourth-order valence-corrected chi connectivity index (χ4v) is 12.6. The molecular formula is C66H127NO18P2. The number of nitrogens with one attached hydrogen (secondary N) is 1. The molecular weight excluding hydrogens is 1160 g/mol. The monoisotopic (exact) mass is 1280 g/mol. The summed E-state index contributed by atoms with van der Waals surface area (Å²) < 4.78 is 86.1. The fraction of sp³-hybridized carbons (Fsp3) is 0.955. The van der Waals surface area contributed by atoms with Crippen molar-refractivity contribution in [3.8, 4) is 11.8 Å². The number of hydrogen-bond donors (Lipinski definition) is 6. The van der Waals surface area contributed by atoms with E-state index in [4.69, 9.17) is 46.9 Å². The van der Waals surface area contributed by atoms with Crippen LogP contribution in [0, 0.1) is 11.8 Å². The Morgan fingerprint density at radius 1 is 0.460 bits per heavy atom. The zero-order valence-corrected chi connectivity index (χ0v) is 57.1. The van der Waals surface area contributed by atoms with Crippen LogP contribution in [0.4, 0.5) is 0 Å². The van der Waals surface area contributed by atoms with Gasteiger partial charge in [0, 0.05) is 53.3 Å². The summed E-state index contributed by atoms with van der Waals surface area (Å²) in [7, 11) is -7.43. The number of carbonyl (C=O) groups excluding carboxylic acids is 1. The predicted octanol–water partition coefficient (Wildman–Crippen LogP) is 14.8. The number of amides is 1. The standard InChI is InChI=1S/C66H127NO18P2/c1-7-11-15-19-22-25-28-29-30-31-32-33-36-40-44-48-58(68)67-59-62(80-52-49-55(77-6)47-43-39-18-14-10-4)61(84-86(70,71)72)57(53-76-5)83-65(59)81-54-56-60(69)63(78-50-45-41-37-34-26-23-20-16-12-8-2)64(66(82-56)85-87(73,74)75)79-51-46-42-38-35-27-24-21-17-13-9-3/h55-57,59-66,69H,7-28,31-54H2,1-6H3,(H,67,68)(H2,70,71,72)(H2,73,74,75)/t55-,56-,57-,59-,60-,61-,62-,63+,64-,65-,66-/m1/s1. The number of phosphoric ester groups is 2. The van der Waals surface area contributed by atoms with E-state index in [0.717, 1.165) is 135 Å². The lowest BCUT2D eigenvalue weighted by Crippen LogP contribution is -2.67. The third kappa shape index (κ3) is 41.3. The van der Waals surface area contributed by atoms with E-state index in [0.29, 0.717) is 25.7 Å². The Bertz CT molecular complexity index is 1780. The SMILES string of the molecule is CCCCCCCCC#CCCCCCCCC(=O)N[C@H]1[C@H](OC[C@H]2O[C@H](OP(=O)(O)O)[C@H](OCCCCCCCCCCCC)[C@@H](OCCCCCCCCCCCC)[C@@H]2O)O[C@H](COC)[C@@H](OP(=O)(O)O)[C@@H]1OCC[C@@H](CCCCCCC)OC. The molecule has 2 rings (SSSR count). The molecule has 6 N–H and O–H groups in total. The van der Waals surface area contributed by atoms with Crippen molar-refractivity contribution in [3.05, 3.63) is 0 Å². The molecule has 0 aromatic heterocycles. The summed E-state index contributed by atoms with van der Waals surface area (Å²) >= 11 is 0. The summed E-state index contributed by atoms with van der Waals surface area (Å²) in [5.41, 5.74) is 0. The summed E-state index contributed by atoms with van der Waals surface area (Å²) in [6.07, 6.45) is 29.7. The summed E-state index contributed by atoms with van der Waals surface area (Å²) in [5, 5.41) is 15.3. The molecule has 2 aliphatic heterocycles. The average molecular weight is 1280 g/mol. The molecule has 2 aliphatic rings. The van der Waals surface area contributed by atoms with E-state index in [9.17, 15) is 38.6 Å². The lowest BCUT2D eigenvalue weighted by molar-refractivity contribution is -0.319. The van der Waals surface area contributed by atoms with Crippen LogP contribution in [0.3, 0.4) is 0 Å². The summed E-state index contributed by atoms with van der Waals surface area (Å²) in [4.78, 5) is 55.3. The van der Waals surface area contributed by atoms with Gasteiger partial charge < -0.3 is 67.9 Å². The quantitative estimate of drug-likeness (QED) is 0.0188. The lowest BCUT2D eigenvalue weighted by atomic mass is 9.95. The van der Waals surface area contributed by atoms with Gasteiger partial charge in [-0.2, -0.15) is 0 Å². The maximum absolute atomic E-state index is 14.1. The average Bonchev–Trinajstić information content (AvgIpc) is 1.19. The number of rotatable bonds is 58. The number of methoxy groups -OCH3 is 2. The Kier molecular flexibility index (Phi) is 50.2. The highest BCUT2D eigenvalue weighted by Gasteiger charge is 2.53. The van der Waals surface area contributed by atoms with Crippen molar-refractivity contribution in [2.45, 2.75) is 358 Å². The van der Waals surface area contributed by atoms with Crippen LogP contribution in [0.25, 0.3) is 0 Å². The molecule has 0 unspecified atom stereocenters. The largest absolute Gasteiger partial charge is 0.472 e. The van der Waals surface area contributed by atoms with E-state index in [2.05, 4.69) is 44.9 Å². The number of unbranched alkanes of at least 4 members (excludes halogenated alkanes) is 33. The molecule has 21 heteroatoms. The lowest BCUT2D eigenvalue weighted by Gasteiger charge is -2.47. The third-order valence-electron chi connectivity index (χ3n) is 16.7. The van der Waals surface area contributed by atoms with Crippen LogP contribution < -0.4 is 5.32 Å². The van der Waals surface area contributed by atoms with Gasteiger partial charge in [0.25, 0.3) is 0 Å². The van der Waals surface area contributed by atoms with Crippen molar-refractivity contribution < 1.29 is 85.5 Å². The molecule has 514 valence electrons. The normalized spacial score (nSPS) is 23.0. The smallest absolute Gasteiger partial charge is 0.387 e.